The van der Waals surface area contributed by atoms with Gasteiger partial charge in [-0.3, -0.25) is 9.59 Å². The van der Waals surface area contributed by atoms with Crippen LogP contribution in [0.15, 0.2) is 24.3 Å². The van der Waals surface area contributed by atoms with Crippen molar-refractivity contribution in [3.05, 3.63) is 29.8 Å². The third-order valence-electron chi connectivity index (χ3n) is 6.78. The number of anilines is 1. The second kappa shape index (κ2) is 22.6. The molecule has 1 aromatic carbocycles. The van der Waals surface area contributed by atoms with Gasteiger partial charge in [-0.05, 0) is 37.6 Å². The third kappa shape index (κ3) is 18.1. The van der Waals surface area contributed by atoms with Crippen LogP contribution < -0.4 is 10.6 Å². The number of benzene rings is 1. The van der Waals surface area contributed by atoms with E-state index in [4.69, 9.17) is 0 Å². The predicted molar refractivity (Wildman–Crippen MR) is 151 cm³/mol. The molecule has 0 spiro atoms. The number of hydrogen-bond acceptors (Lipinski definition) is 2. The van der Waals surface area contributed by atoms with E-state index < -0.39 is 0 Å². The average Bonchev–Trinajstić information content (AvgIpc) is 2.86. The van der Waals surface area contributed by atoms with Crippen LogP contribution in [0.3, 0.4) is 0 Å². The fraction of sp³-hybridized carbons (Fsp3) is 0.742. The molecule has 4 nitrogen and oxygen atoms in total. The van der Waals surface area contributed by atoms with Crippen LogP contribution in [0, 0.1) is 0 Å². The first kappa shape index (κ1) is 31.2. The number of rotatable bonds is 23. The zero-order valence-corrected chi connectivity index (χ0v) is 23.0. The van der Waals surface area contributed by atoms with E-state index >= 15 is 0 Å². The summed E-state index contributed by atoms with van der Waals surface area (Å²) in [5.74, 6) is -0.0257. The standard InChI is InChI=1S/C31H54N2O2/c1-3-5-6-7-8-9-10-11-12-13-14-15-16-17-18-19-20-21-22-23-30(34)33-29-26-24-28(25-27-29)31(35)32-4-2/h24-27H,3-23H2,1-2H3,(H,32,35)(H,33,34). The van der Waals surface area contributed by atoms with Gasteiger partial charge in [-0.15, -0.1) is 0 Å². The molecular formula is C31H54N2O2. The van der Waals surface area contributed by atoms with Crippen molar-refractivity contribution in [2.24, 2.45) is 0 Å². The largest absolute Gasteiger partial charge is 0.352 e. The smallest absolute Gasteiger partial charge is 0.251 e. The third-order valence-corrected chi connectivity index (χ3v) is 6.78. The number of carbonyl (C=O) groups excluding carboxylic acids is 2. The molecule has 0 saturated heterocycles. The number of hydrogen-bond donors (Lipinski definition) is 2. The molecule has 0 aromatic heterocycles. The summed E-state index contributed by atoms with van der Waals surface area (Å²) in [6, 6.07) is 7.08. The molecule has 0 heterocycles. The second-order valence-electron chi connectivity index (χ2n) is 10.1. The van der Waals surface area contributed by atoms with Gasteiger partial charge in [0.1, 0.15) is 0 Å². The van der Waals surface area contributed by atoms with Crippen molar-refractivity contribution in [3.8, 4) is 0 Å². The van der Waals surface area contributed by atoms with Gasteiger partial charge in [0.05, 0.1) is 0 Å². The summed E-state index contributed by atoms with van der Waals surface area (Å²) in [4.78, 5) is 23.9. The van der Waals surface area contributed by atoms with Crippen molar-refractivity contribution < 1.29 is 9.59 Å². The summed E-state index contributed by atoms with van der Waals surface area (Å²) < 4.78 is 0. The van der Waals surface area contributed by atoms with Crippen LogP contribution in [-0.4, -0.2) is 18.4 Å². The zero-order valence-electron chi connectivity index (χ0n) is 23.0. The topological polar surface area (TPSA) is 58.2 Å². The van der Waals surface area contributed by atoms with Crippen LogP contribution in [0.25, 0.3) is 0 Å². The van der Waals surface area contributed by atoms with Gasteiger partial charge in [-0.25, -0.2) is 0 Å². The van der Waals surface area contributed by atoms with Crippen molar-refractivity contribution in [2.45, 2.75) is 142 Å². The highest BCUT2D eigenvalue weighted by Crippen LogP contribution is 2.15. The van der Waals surface area contributed by atoms with Crippen LogP contribution in [0.1, 0.15) is 153 Å². The fourth-order valence-corrected chi connectivity index (χ4v) is 4.56. The lowest BCUT2D eigenvalue weighted by Crippen LogP contribution is -2.22. The molecule has 0 aliphatic carbocycles. The van der Waals surface area contributed by atoms with Crippen molar-refractivity contribution in [1.29, 1.82) is 0 Å². The van der Waals surface area contributed by atoms with Gasteiger partial charge in [0.25, 0.3) is 5.91 Å². The van der Waals surface area contributed by atoms with E-state index in [1.807, 2.05) is 6.92 Å². The van der Waals surface area contributed by atoms with E-state index in [-0.39, 0.29) is 11.8 Å². The minimum Gasteiger partial charge on any atom is -0.352 e. The molecule has 0 unspecified atom stereocenters. The van der Waals surface area contributed by atoms with E-state index in [1.165, 1.54) is 109 Å². The SMILES string of the molecule is CCCCCCCCCCCCCCCCCCCCCC(=O)Nc1ccc(C(=O)NCC)cc1. The Morgan fingerprint density at radius 2 is 0.971 bits per heavy atom. The summed E-state index contributed by atoms with van der Waals surface area (Å²) in [6.45, 7) is 4.79. The molecule has 1 aromatic rings. The number of nitrogens with one attached hydrogen (secondary N) is 2. The van der Waals surface area contributed by atoms with Gasteiger partial charge in [0, 0.05) is 24.2 Å². The minimum absolute atomic E-state index is 0.0581. The van der Waals surface area contributed by atoms with Gasteiger partial charge in [-0.1, -0.05) is 122 Å². The van der Waals surface area contributed by atoms with Crippen LogP contribution in [0.2, 0.25) is 0 Å². The van der Waals surface area contributed by atoms with Crippen LogP contribution in [0.4, 0.5) is 5.69 Å². The molecule has 0 aliphatic heterocycles. The lowest BCUT2D eigenvalue weighted by molar-refractivity contribution is -0.116. The van der Waals surface area contributed by atoms with Crippen molar-refractivity contribution in [1.82, 2.24) is 5.32 Å². The van der Waals surface area contributed by atoms with E-state index in [9.17, 15) is 9.59 Å². The highest BCUT2D eigenvalue weighted by molar-refractivity contribution is 5.95. The molecule has 1 rings (SSSR count). The first-order valence-corrected chi connectivity index (χ1v) is 14.9. The maximum absolute atomic E-state index is 12.1. The lowest BCUT2D eigenvalue weighted by Gasteiger charge is -2.07. The molecule has 35 heavy (non-hydrogen) atoms. The highest BCUT2D eigenvalue weighted by Gasteiger charge is 2.06. The van der Waals surface area contributed by atoms with Gasteiger partial charge >= 0.3 is 0 Å². The van der Waals surface area contributed by atoms with Gasteiger partial charge in [0.2, 0.25) is 5.91 Å². The van der Waals surface area contributed by atoms with E-state index in [1.54, 1.807) is 24.3 Å². The average molecular weight is 487 g/mol. The Hall–Kier alpha value is -1.84. The Kier molecular flexibility index (Phi) is 20.2. The quantitative estimate of drug-likeness (QED) is 0.151. The van der Waals surface area contributed by atoms with Crippen LogP contribution in [-0.2, 0) is 4.79 Å². The van der Waals surface area contributed by atoms with E-state index in [0.29, 0.717) is 18.5 Å². The summed E-state index contributed by atoms with van der Waals surface area (Å²) >= 11 is 0. The van der Waals surface area contributed by atoms with Crippen molar-refractivity contribution >= 4 is 17.5 Å². The molecule has 0 fully saturated rings. The number of unbranched alkanes of at least 4 members (excludes halogenated alkanes) is 18. The molecule has 0 aliphatic rings. The summed E-state index contributed by atoms with van der Waals surface area (Å²) in [5, 5.41) is 5.70. The summed E-state index contributed by atoms with van der Waals surface area (Å²) in [6.07, 6.45) is 26.4. The Bertz CT molecular complexity index is 642. The molecule has 2 amide bonds. The van der Waals surface area contributed by atoms with Crippen molar-refractivity contribution in [3.63, 3.8) is 0 Å². The summed E-state index contributed by atoms with van der Waals surface area (Å²) in [5.41, 5.74) is 1.37. The normalized spacial score (nSPS) is 10.9. The minimum atomic E-state index is -0.0838. The maximum atomic E-state index is 12.1. The molecule has 0 bridgehead atoms. The molecule has 0 atom stereocenters. The van der Waals surface area contributed by atoms with Gasteiger partial charge < -0.3 is 10.6 Å². The first-order valence-electron chi connectivity index (χ1n) is 14.9. The van der Waals surface area contributed by atoms with Crippen molar-refractivity contribution in [2.75, 3.05) is 11.9 Å². The molecule has 2 N–H and O–H groups in total. The first-order chi connectivity index (χ1) is 17.2. The molecule has 0 radical (unpaired) electrons. The maximum Gasteiger partial charge on any atom is 0.251 e. The van der Waals surface area contributed by atoms with E-state index in [0.717, 1.165) is 18.5 Å². The molecular weight excluding hydrogens is 432 g/mol. The molecule has 0 saturated carbocycles. The predicted octanol–water partition coefficient (Wildman–Crippen LogP) is 9.20. The highest BCUT2D eigenvalue weighted by atomic mass is 16.2. The lowest BCUT2D eigenvalue weighted by atomic mass is 10.0. The summed E-state index contributed by atoms with van der Waals surface area (Å²) in [7, 11) is 0. The number of carbonyl (C=O) groups is 2. The van der Waals surface area contributed by atoms with E-state index in [2.05, 4.69) is 17.6 Å². The second-order valence-corrected chi connectivity index (χ2v) is 10.1. The Labute approximate surface area is 216 Å². The Balaban J connectivity index is 1.85. The molecule has 4 heteroatoms. The number of amides is 2. The van der Waals surface area contributed by atoms with Crippen LogP contribution >= 0.6 is 0 Å². The van der Waals surface area contributed by atoms with Gasteiger partial charge in [0.15, 0.2) is 0 Å². The molecule has 200 valence electrons. The fourth-order valence-electron chi connectivity index (χ4n) is 4.56. The van der Waals surface area contributed by atoms with Gasteiger partial charge in [-0.2, -0.15) is 0 Å². The zero-order chi connectivity index (χ0) is 25.4. The monoisotopic (exact) mass is 486 g/mol. The Morgan fingerprint density at radius 1 is 0.571 bits per heavy atom. The Morgan fingerprint density at radius 3 is 1.37 bits per heavy atom. The van der Waals surface area contributed by atoms with Crippen LogP contribution in [0.5, 0.6) is 0 Å².